The summed E-state index contributed by atoms with van der Waals surface area (Å²) in [4.78, 5) is 14.7. The van der Waals surface area contributed by atoms with Crippen molar-refractivity contribution in [2.75, 3.05) is 13.1 Å². The summed E-state index contributed by atoms with van der Waals surface area (Å²) < 4.78 is 0. The van der Waals surface area contributed by atoms with Crippen molar-refractivity contribution in [3.05, 3.63) is 71.8 Å². The maximum absolute atomic E-state index is 12.3. The molecule has 4 nitrogen and oxygen atoms in total. The van der Waals surface area contributed by atoms with Gasteiger partial charge in [0.15, 0.2) is 0 Å². The third kappa shape index (κ3) is 4.66. The second kappa shape index (κ2) is 8.08. The number of rotatable bonds is 6. The summed E-state index contributed by atoms with van der Waals surface area (Å²) in [6.07, 6.45) is 1.56. The topological polar surface area (TPSA) is 58.4 Å². The highest BCUT2D eigenvalue weighted by Crippen LogP contribution is 2.13. The summed E-state index contributed by atoms with van der Waals surface area (Å²) in [6, 6.07) is 20.1. The molecule has 0 spiro atoms. The molecule has 126 valence electrons. The molecule has 2 aromatic rings. The van der Waals surface area contributed by atoms with Crippen molar-refractivity contribution in [2.45, 2.75) is 31.5 Å². The van der Waals surface area contributed by atoms with Gasteiger partial charge in [0.2, 0.25) is 5.91 Å². The minimum atomic E-state index is -0.490. The summed E-state index contributed by atoms with van der Waals surface area (Å²) >= 11 is 0. The van der Waals surface area contributed by atoms with Crippen LogP contribution in [0.5, 0.6) is 0 Å². The number of amides is 1. The molecule has 2 aromatic carbocycles. The van der Waals surface area contributed by atoms with Crippen molar-refractivity contribution in [1.82, 2.24) is 10.2 Å². The molecule has 1 saturated heterocycles. The summed E-state index contributed by atoms with van der Waals surface area (Å²) in [5.74, 6) is -0.0505. The highest BCUT2D eigenvalue weighted by atomic mass is 16.2. The number of nitrogens with one attached hydrogen (secondary N) is 1. The van der Waals surface area contributed by atoms with Gasteiger partial charge in [0.1, 0.15) is 0 Å². The molecule has 0 aliphatic carbocycles. The van der Waals surface area contributed by atoms with Crippen LogP contribution in [0.25, 0.3) is 0 Å². The predicted octanol–water partition coefficient (Wildman–Crippen LogP) is 1.95. The van der Waals surface area contributed by atoms with E-state index < -0.39 is 6.04 Å². The van der Waals surface area contributed by atoms with Crippen molar-refractivity contribution in [2.24, 2.45) is 5.73 Å². The van der Waals surface area contributed by atoms with Crippen molar-refractivity contribution in [1.29, 1.82) is 0 Å². The minimum Gasteiger partial charge on any atom is -0.351 e. The molecular formula is C20H25N3O. The Morgan fingerprint density at radius 2 is 1.71 bits per heavy atom. The van der Waals surface area contributed by atoms with Crippen LogP contribution in [0.1, 0.15) is 17.5 Å². The van der Waals surface area contributed by atoms with Crippen LogP contribution in [0.3, 0.4) is 0 Å². The molecule has 4 heteroatoms. The van der Waals surface area contributed by atoms with Gasteiger partial charge in [0.25, 0.3) is 0 Å². The standard InChI is InChI=1S/C20H25N3O/c21-19(13-16-7-3-1-4-8-16)20(24)22-18-11-12-23(15-18)14-17-9-5-2-6-10-17/h1-10,18-19H,11-15,21H2,(H,22,24)/t18?,19-/m0/s1. The molecule has 0 aromatic heterocycles. The fraction of sp³-hybridized carbons (Fsp3) is 0.350. The largest absolute Gasteiger partial charge is 0.351 e. The van der Waals surface area contributed by atoms with Crippen molar-refractivity contribution < 1.29 is 4.79 Å². The smallest absolute Gasteiger partial charge is 0.237 e. The highest BCUT2D eigenvalue weighted by molar-refractivity contribution is 5.82. The fourth-order valence-electron chi connectivity index (χ4n) is 3.20. The number of hydrogen-bond acceptors (Lipinski definition) is 3. The van der Waals surface area contributed by atoms with Crippen molar-refractivity contribution in [3.8, 4) is 0 Å². The van der Waals surface area contributed by atoms with E-state index in [0.717, 1.165) is 31.6 Å². The molecule has 1 fully saturated rings. The summed E-state index contributed by atoms with van der Waals surface area (Å²) in [7, 11) is 0. The van der Waals surface area contributed by atoms with Gasteiger partial charge in [0, 0.05) is 25.7 Å². The molecule has 1 aliphatic heterocycles. The minimum absolute atomic E-state index is 0.0505. The number of carbonyl (C=O) groups excluding carboxylic acids is 1. The molecule has 1 unspecified atom stereocenters. The average Bonchev–Trinajstić information content (AvgIpc) is 3.03. The maximum Gasteiger partial charge on any atom is 0.237 e. The van der Waals surface area contributed by atoms with Gasteiger partial charge in [-0.05, 0) is 24.0 Å². The van der Waals surface area contributed by atoms with E-state index in [-0.39, 0.29) is 11.9 Å². The Labute approximate surface area is 143 Å². The van der Waals surface area contributed by atoms with Crippen LogP contribution in [0.15, 0.2) is 60.7 Å². The van der Waals surface area contributed by atoms with Crippen LogP contribution in [0.2, 0.25) is 0 Å². The van der Waals surface area contributed by atoms with Gasteiger partial charge in [-0.1, -0.05) is 60.7 Å². The zero-order valence-electron chi connectivity index (χ0n) is 13.9. The van der Waals surface area contributed by atoms with E-state index in [1.165, 1.54) is 5.56 Å². The third-order valence-electron chi connectivity index (χ3n) is 4.50. The SMILES string of the molecule is N[C@@H](Cc1ccccc1)C(=O)NC1CCN(Cc2ccccc2)C1. The Kier molecular flexibility index (Phi) is 5.62. The Bertz CT molecular complexity index is 644. The van der Waals surface area contributed by atoms with Crippen LogP contribution in [-0.2, 0) is 17.8 Å². The van der Waals surface area contributed by atoms with Crippen LogP contribution in [-0.4, -0.2) is 36.0 Å². The van der Waals surface area contributed by atoms with Crippen LogP contribution in [0, 0.1) is 0 Å². The second-order valence-electron chi connectivity index (χ2n) is 6.51. The average molecular weight is 323 g/mol. The molecule has 0 saturated carbocycles. The first-order valence-electron chi connectivity index (χ1n) is 8.57. The fourth-order valence-corrected chi connectivity index (χ4v) is 3.20. The van der Waals surface area contributed by atoms with Gasteiger partial charge < -0.3 is 11.1 Å². The molecule has 2 atom stereocenters. The molecule has 0 radical (unpaired) electrons. The lowest BCUT2D eigenvalue weighted by Crippen LogP contribution is -2.47. The van der Waals surface area contributed by atoms with Crippen LogP contribution >= 0.6 is 0 Å². The molecule has 24 heavy (non-hydrogen) atoms. The number of carbonyl (C=O) groups is 1. The Morgan fingerprint density at radius 3 is 2.38 bits per heavy atom. The molecule has 3 rings (SSSR count). The highest BCUT2D eigenvalue weighted by Gasteiger charge is 2.25. The summed E-state index contributed by atoms with van der Waals surface area (Å²) in [5.41, 5.74) is 8.47. The number of nitrogens with zero attached hydrogens (tertiary/aromatic N) is 1. The molecule has 1 heterocycles. The first kappa shape index (κ1) is 16.7. The van der Waals surface area contributed by atoms with Gasteiger partial charge in [0.05, 0.1) is 6.04 Å². The van der Waals surface area contributed by atoms with E-state index in [1.54, 1.807) is 0 Å². The Morgan fingerprint density at radius 1 is 1.08 bits per heavy atom. The van der Waals surface area contributed by atoms with Gasteiger partial charge >= 0.3 is 0 Å². The van der Waals surface area contributed by atoms with Crippen molar-refractivity contribution >= 4 is 5.91 Å². The van der Waals surface area contributed by atoms with E-state index >= 15 is 0 Å². The number of likely N-dealkylation sites (tertiary alicyclic amines) is 1. The molecule has 3 N–H and O–H groups in total. The Balaban J connectivity index is 1.45. The third-order valence-corrected chi connectivity index (χ3v) is 4.50. The van der Waals surface area contributed by atoms with E-state index in [0.29, 0.717) is 6.42 Å². The predicted molar refractivity (Wildman–Crippen MR) is 96.4 cm³/mol. The van der Waals surface area contributed by atoms with Crippen molar-refractivity contribution in [3.63, 3.8) is 0 Å². The van der Waals surface area contributed by atoms with E-state index in [4.69, 9.17) is 5.73 Å². The lowest BCUT2D eigenvalue weighted by Gasteiger charge is -2.18. The van der Waals surface area contributed by atoms with Gasteiger partial charge in [-0.2, -0.15) is 0 Å². The van der Waals surface area contributed by atoms with E-state index in [9.17, 15) is 4.79 Å². The maximum atomic E-state index is 12.3. The van der Waals surface area contributed by atoms with Gasteiger partial charge in [-0.15, -0.1) is 0 Å². The second-order valence-corrected chi connectivity index (χ2v) is 6.51. The zero-order chi connectivity index (χ0) is 16.8. The number of nitrogens with two attached hydrogens (primary N) is 1. The zero-order valence-corrected chi connectivity index (χ0v) is 13.9. The normalized spacial score (nSPS) is 19.1. The van der Waals surface area contributed by atoms with Crippen LogP contribution < -0.4 is 11.1 Å². The lowest BCUT2D eigenvalue weighted by molar-refractivity contribution is -0.123. The molecule has 0 bridgehead atoms. The van der Waals surface area contributed by atoms with Gasteiger partial charge in [-0.3, -0.25) is 9.69 Å². The first-order chi connectivity index (χ1) is 11.7. The molecular weight excluding hydrogens is 298 g/mol. The molecule has 1 aliphatic rings. The number of hydrogen-bond donors (Lipinski definition) is 2. The number of benzene rings is 2. The first-order valence-corrected chi connectivity index (χ1v) is 8.57. The van der Waals surface area contributed by atoms with Gasteiger partial charge in [-0.25, -0.2) is 0 Å². The van der Waals surface area contributed by atoms with E-state index in [1.807, 2.05) is 36.4 Å². The molecule has 1 amide bonds. The van der Waals surface area contributed by atoms with Crippen LogP contribution in [0.4, 0.5) is 0 Å². The summed E-state index contributed by atoms with van der Waals surface area (Å²) in [6.45, 7) is 2.83. The lowest BCUT2D eigenvalue weighted by atomic mass is 10.1. The quantitative estimate of drug-likeness (QED) is 0.854. The summed E-state index contributed by atoms with van der Waals surface area (Å²) in [5, 5.41) is 3.11. The van der Waals surface area contributed by atoms with E-state index in [2.05, 4.69) is 34.5 Å². The Hall–Kier alpha value is -2.17. The monoisotopic (exact) mass is 323 g/mol.